The number of rotatable bonds is 26. The highest BCUT2D eigenvalue weighted by molar-refractivity contribution is 6.34. The lowest BCUT2D eigenvalue weighted by atomic mass is 10.0. The molecule has 2 aromatic rings. The van der Waals surface area contributed by atoms with Gasteiger partial charge in [0.2, 0.25) is 0 Å². The molecule has 47 heavy (non-hydrogen) atoms. The largest absolute Gasteiger partial charge is 0.808 e. The Balaban J connectivity index is 0.00000204. The summed E-state index contributed by atoms with van der Waals surface area (Å²) in [6.07, 6.45) is 28.2. The van der Waals surface area contributed by atoms with Crippen molar-refractivity contribution in [1.82, 2.24) is 0 Å². The summed E-state index contributed by atoms with van der Waals surface area (Å²) < 4.78 is 12.7. The molecule has 0 aromatic heterocycles. The maximum absolute atomic E-state index is 13.0. The van der Waals surface area contributed by atoms with Gasteiger partial charge < -0.3 is 18.8 Å². The Hall–Kier alpha value is -1.98. The molecule has 0 saturated carbocycles. The Morgan fingerprint density at radius 2 is 0.766 bits per heavy atom. The third-order valence-corrected chi connectivity index (χ3v) is 8.48. The van der Waals surface area contributed by atoms with Crippen molar-refractivity contribution >= 4 is 7.32 Å². The topological polar surface area (TPSA) is 41.5 Å². The Labute approximate surface area is 292 Å². The van der Waals surface area contributed by atoms with Crippen LogP contribution in [0, 0.1) is 13.8 Å². The quantitative estimate of drug-likeness (QED) is 0.0577. The van der Waals surface area contributed by atoms with Crippen LogP contribution < -0.4 is 14.3 Å². The number of aryl methyl sites for hydroxylation is 4. The first-order chi connectivity index (χ1) is 22.5. The number of benzene rings is 2. The smallest absolute Gasteiger partial charge is 0.492 e. The van der Waals surface area contributed by atoms with Crippen molar-refractivity contribution in [2.75, 3.05) is 28.2 Å². The molecule has 0 unspecified atom stereocenters. The van der Waals surface area contributed by atoms with Gasteiger partial charge in [-0.1, -0.05) is 165 Å². The first-order valence-electron chi connectivity index (χ1n) is 19.5. The lowest BCUT2D eigenvalue weighted by molar-refractivity contribution is -0.849. The molecular formula is C42H74BNO3. The summed E-state index contributed by atoms with van der Waals surface area (Å²) in [4.78, 5) is 0. The monoisotopic (exact) mass is 652 g/mol. The van der Waals surface area contributed by atoms with E-state index in [-0.39, 0.29) is 0 Å². The summed E-state index contributed by atoms with van der Waals surface area (Å²) >= 11 is 0. The summed E-state index contributed by atoms with van der Waals surface area (Å²) in [5.74, 6) is 1.33. The molecule has 0 N–H and O–H groups in total. The first-order valence-corrected chi connectivity index (χ1v) is 19.5. The molecule has 2 rings (SSSR count). The normalized spacial score (nSPS) is 11.3. The highest BCUT2D eigenvalue weighted by atomic mass is 16.7. The second-order valence-corrected chi connectivity index (χ2v) is 15.3. The maximum Gasteiger partial charge on any atom is 0.492 e. The van der Waals surface area contributed by atoms with E-state index in [9.17, 15) is 5.02 Å². The van der Waals surface area contributed by atoms with E-state index in [1.165, 1.54) is 127 Å². The zero-order chi connectivity index (χ0) is 34.8. The van der Waals surface area contributed by atoms with Crippen LogP contribution in [0.3, 0.4) is 0 Å². The molecule has 0 saturated heterocycles. The van der Waals surface area contributed by atoms with Gasteiger partial charge in [-0.3, -0.25) is 0 Å². The highest BCUT2D eigenvalue weighted by Crippen LogP contribution is 2.26. The zero-order valence-electron chi connectivity index (χ0n) is 32.3. The summed E-state index contributed by atoms with van der Waals surface area (Å²) in [6, 6.07) is 12.2. The molecule has 0 heterocycles. The van der Waals surface area contributed by atoms with Crippen molar-refractivity contribution in [2.45, 2.75) is 169 Å². The van der Waals surface area contributed by atoms with Gasteiger partial charge in [0.15, 0.2) is 0 Å². The second-order valence-electron chi connectivity index (χ2n) is 15.3. The van der Waals surface area contributed by atoms with Gasteiger partial charge in [-0.15, -0.1) is 0 Å². The molecule has 0 spiro atoms. The Morgan fingerprint density at radius 3 is 1.06 bits per heavy atom. The zero-order valence-corrected chi connectivity index (χ0v) is 32.3. The van der Waals surface area contributed by atoms with Gasteiger partial charge in [-0.2, -0.15) is 0 Å². The van der Waals surface area contributed by atoms with E-state index >= 15 is 0 Å². The van der Waals surface area contributed by atoms with Crippen molar-refractivity contribution in [3.8, 4) is 11.5 Å². The number of nitrogens with zero attached hydrogens (tertiary/aromatic N) is 1. The maximum atomic E-state index is 13.0. The lowest BCUT2D eigenvalue weighted by Gasteiger charge is -2.24. The molecule has 0 aliphatic carbocycles. The fourth-order valence-electron chi connectivity index (χ4n) is 5.87. The minimum Gasteiger partial charge on any atom is -0.808 e. The molecule has 0 radical (unpaired) electrons. The SMILES string of the molecule is CCCCCCCCCCCCc1cc(C)ccc1OB([O-])Oc1ccc(C)cc1CCCCCCCCCCCC.C[N+](C)(C)C. The van der Waals surface area contributed by atoms with Gasteiger partial charge in [0, 0.05) is 0 Å². The van der Waals surface area contributed by atoms with Crippen molar-refractivity contribution in [3.63, 3.8) is 0 Å². The van der Waals surface area contributed by atoms with Gasteiger partial charge in [0.1, 0.15) is 11.5 Å². The lowest BCUT2D eigenvalue weighted by Crippen LogP contribution is -2.44. The van der Waals surface area contributed by atoms with Crippen LogP contribution in [0.15, 0.2) is 36.4 Å². The van der Waals surface area contributed by atoms with Gasteiger partial charge in [0.25, 0.3) is 0 Å². The second kappa shape index (κ2) is 26.9. The van der Waals surface area contributed by atoms with E-state index in [1.807, 2.05) is 24.3 Å². The summed E-state index contributed by atoms with van der Waals surface area (Å²) in [5, 5.41) is 13.0. The van der Waals surface area contributed by atoms with E-state index in [4.69, 9.17) is 9.31 Å². The standard InChI is InChI=1S/C38H62BO3.C4H12N/c1-5-7-9-11-13-15-17-19-21-23-25-35-31-33(3)27-29-37(35)41-39(40)42-38-30-28-34(4)32-36(38)26-24-22-20-18-16-14-12-10-8-6-2;1-5(2,3)4/h27-32H,5-26H2,1-4H3;1-4H3/q-1;+1. The van der Waals surface area contributed by atoms with Gasteiger partial charge in [0.05, 0.1) is 28.2 Å². The number of quaternary nitrogens is 1. The predicted octanol–water partition coefficient (Wildman–Crippen LogP) is 11.4. The Kier molecular flexibility index (Phi) is 24.7. The molecule has 5 heteroatoms. The Bertz CT molecular complexity index is 954. The summed E-state index contributed by atoms with van der Waals surface area (Å²) in [7, 11) is 6.92. The van der Waals surface area contributed by atoms with Crippen molar-refractivity contribution in [1.29, 1.82) is 0 Å². The number of hydrogen-bond acceptors (Lipinski definition) is 3. The van der Waals surface area contributed by atoms with E-state index in [1.54, 1.807) is 0 Å². The van der Waals surface area contributed by atoms with E-state index in [0.717, 1.165) is 41.3 Å². The molecular weight excluding hydrogens is 577 g/mol. The van der Waals surface area contributed by atoms with Crippen molar-refractivity contribution in [2.24, 2.45) is 0 Å². The first kappa shape index (κ1) is 43.0. The molecule has 0 aliphatic heterocycles. The molecule has 0 amide bonds. The molecule has 0 bridgehead atoms. The molecule has 0 aliphatic rings. The minimum atomic E-state index is -1.58. The molecule has 4 nitrogen and oxygen atoms in total. The van der Waals surface area contributed by atoms with E-state index in [2.05, 4.69) is 68.0 Å². The average molecular weight is 652 g/mol. The molecule has 2 aromatic carbocycles. The molecule has 0 fully saturated rings. The van der Waals surface area contributed by atoms with Crippen molar-refractivity contribution < 1.29 is 18.8 Å². The van der Waals surface area contributed by atoms with Crippen LogP contribution in [-0.4, -0.2) is 40.0 Å². The third kappa shape index (κ3) is 24.8. The predicted molar refractivity (Wildman–Crippen MR) is 204 cm³/mol. The van der Waals surface area contributed by atoms with Crippen LogP contribution in [0.25, 0.3) is 0 Å². The van der Waals surface area contributed by atoms with Gasteiger partial charge >= 0.3 is 7.32 Å². The minimum absolute atomic E-state index is 0.667. The van der Waals surface area contributed by atoms with Crippen LogP contribution in [0.1, 0.15) is 165 Å². The number of unbranched alkanes of at least 4 members (excludes halogenated alkanes) is 18. The molecule has 0 atom stereocenters. The van der Waals surface area contributed by atoms with Crippen LogP contribution >= 0.6 is 0 Å². The highest BCUT2D eigenvalue weighted by Gasteiger charge is 2.13. The van der Waals surface area contributed by atoms with E-state index in [0.29, 0.717) is 11.5 Å². The van der Waals surface area contributed by atoms with Gasteiger partial charge in [-0.05, 0) is 62.8 Å². The third-order valence-electron chi connectivity index (χ3n) is 8.48. The van der Waals surface area contributed by atoms with Gasteiger partial charge in [-0.25, -0.2) is 0 Å². The van der Waals surface area contributed by atoms with Crippen LogP contribution in [-0.2, 0) is 12.8 Å². The molecule has 268 valence electrons. The average Bonchev–Trinajstić information content (AvgIpc) is 3.00. The fourth-order valence-corrected chi connectivity index (χ4v) is 5.87. The van der Waals surface area contributed by atoms with Crippen LogP contribution in [0.2, 0.25) is 0 Å². The van der Waals surface area contributed by atoms with Crippen LogP contribution in [0.5, 0.6) is 11.5 Å². The van der Waals surface area contributed by atoms with Crippen LogP contribution in [0.4, 0.5) is 0 Å². The number of hydrogen-bond donors (Lipinski definition) is 0. The Morgan fingerprint density at radius 1 is 0.489 bits per heavy atom. The fraction of sp³-hybridized carbons (Fsp3) is 0.714. The van der Waals surface area contributed by atoms with Crippen molar-refractivity contribution in [3.05, 3.63) is 58.7 Å². The van der Waals surface area contributed by atoms with E-state index < -0.39 is 7.32 Å². The summed E-state index contributed by atoms with van der Waals surface area (Å²) in [6.45, 7) is 8.75. The summed E-state index contributed by atoms with van der Waals surface area (Å²) in [5.41, 5.74) is 4.64.